The molecule has 1 amide bonds. The van der Waals surface area contributed by atoms with Gasteiger partial charge < -0.3 is 14.3 Å². The van der Waals surface area contributed by atoms with Crippen LogP contribution in [-0.2, 0) is 16.2 Å². The maximum absolute atomic E-state index is 12.5. The first-order chi connectivity index (χ1) is 11.8. The van der Waals surface area contributed by atoms with Gasteiger partial charge in [-0.1, -0.05) is 47.6 Å². The van der Waals surface area contributed by atoms with E-state index >= 15 is 0 Å². The fraction of sp³-hybridized carbons (Fsp3) is 0.222. The number of carbonyl (C=O) groups is 1. The number of oxime groups is 1. The zero-order valence-electron chi connectivity index (χ0n) is 13.3. The smallest absolute Gasteiger partial charge is 0.414 e. The van der Waals surface area contributed by atoms with Crippen LogP contribution >= 0.6 is 0 Å². The fourth-order valence-electron chi connectivity index (χ4n) is 2.43. The molecule has 24 heavy (non-hydrogen) atoms. The summed E-state index contributed by atoms with van der Waals surface area (Å²) in [6, 6.07) is 16.9. The molecule has 0 aromatic heterocycles. The first-order valence-electron chi connectivity index (χ1n) is 7.58. The molecular formula is C18H18N2O4. The van der Waals surface area contributed by atoms with Gasteiger partial charge in [0.05, 0.1) is 18.4 Å². The number of fused-ring (bicyclic) bond motifs is 1. The molecule has 0 fully saturated rings. The van der Waals surface area contributed by atoms with Crippen molar-refractivity contribution in [2.24, 2.45) is 5.16 Å². The lowest BCUT2D eigenvalue weighted by Gasteiger charge is -2.32. The van der Waals surface area contributed by atoms with Gasteiger partial charge >= 0.3 is 6.09 Å². The van der Waals surface area contributed by atoms with E-state index in [1.165, 1.54) is 13.3 Å². The zero-order chi connectivity index (χ0) is 16.8. The molecule has 1 aliphatic rings. The Kier molecular flexibility index (Phi) is 4.96. The molecule has 124 valence electrons. The van der Waals surface area contributed by atoms with Crippen molar-refractivity contribution in [3.05, 3.63) is 60.2 Å². The predicted molar refractivity (Wildman–Crippen MR) is 90.3 cm³/mol. The van der Waals surface area contributed by atoms with Crippen LogP contribution in [0.5, 0.6) is 5.75 Å². The second-order valence-electron chi connectivity index (χ2n) is 5.21. The summed E-state index contributed by atoms with van der Waals surface area (Å²) in [5, 5.41) is 3.73. The summed E-state index contributed by atoms with van der Waals surface area (Å²) in [5.41, 5.74) is 1.61. The lowest BCUT2D eigenvalue weighted by Crippen LogP contribution is -2.44. The molecule has 0 unspecified atom stereocenters. The van der Waals surface area contributed by atoms with E-state index in [4.69, 9.17) is 9.47 Å². The highest BCUT2D eigenvalue weighted by Crippen LogP contribution is 2.33. The predicted octanol–water partition coefficient (Wildman–Crippen LogP) is 3.22. The molecule has 1 atom stereocenters. The maximum atomic E-state index is 12.5. The van der Waals surface area contributed by atoms with Crippen LogP contribution in [0.2, 0.25) is 0 Å². The normalized spacial score (nSPS) is 16.4. The van der Waals surface area contributed by atoms with E-state index in [1.807, 2.05) is 48.5 Å². The van der Waals surface area contributed by atoms with E-state index in [0.717, 1.165) is 5.56 Å². The molecule has 6 nitrogen and oxygen atoms in total. The highest BCUT2D eigenvalue weighted by molar-refractivity contribution is 5.91. The van der Waals surface area contributed by atoms with Crippen LogP contribution in [-0.4, -0.2) is 32.1 Å². The summed E-state index contributed by atoms with van der Waals surface area (Å²) < 4.78 is 11.2. The summed E-state index contributed by atoms with van der Waals surface area (Å²) in [6.45, 7) is 0.521. The number of para-hydroxylation sites is 2. The first-order valence-corrected chi connectivity index (χ1v) is 7.58. The molecule has 0 saturated carbocycles. The van der Waals surface area contributed by atoms with Crippen molar-refractivity contribution in [1.82, 2.24) is 0 Å². The molecule has 6 heteroatoms. The molecule has 2 aromatic carbocycles. The second kappa shape index (κ2) is 7.50. The van der Waals surface area contributed by atoms with E-state index in [2.05, 4.69) is 9.99 Å². The van der Waals surface area contributed by atoms with Crippen molar-refractivity contribution in [2.45, 2.75) is 12.7 Å². The number of ether oxygens (including phenoxy) is 2. The molecule has 1 aliphatic heterocycles. The van der Waals surface area contributed by atoms with E-state index in [-0.39, 0.29) is 6.61 Å². The van der Waals surface area contributed by atoms with Crippen LogP contribution in [0.4, 0.5) is 10.5 Å². The molecule has 0 aliphatic carbocycles. The fourth-order valence-corrected chi connectivity index (χ4v) is 2.43. The molecule has 1 heterocycles. The minimum atomic E-state index is -0.426. The molecule has 0 radical (unpaired) electrons. The Morgan fingerprint density at radius 2 is 2.00 bits per heavy atom. The van der Waals surface area contributed by atoms with Gasteiger partial charge in [-0.2, -0.15) is 0 Å². The van der Waals surface area contributed by atoms with Gasteiger partial charge in [-0.05, 0) is 17.7 Å². The Morgan fingerprint density at radius 1 is 1.25 bits per heavy atom. The van der Waals surface area contributed by atoms with Gasteiger partial charge in [-0.15, -0.1) is 0 Å². The molecule has 0 saturated heterocycles. The van der Waals surface area contributed by atoms with E-state index in [1.54, 1.807) is 11.0 Å². The number of rotatable bonds is 4. The van der Waals surface area contributed by atoms with Crippen LogP contribution in [0.1, 0.15) is 5.56 Å². The number of hydrogen-bond acceptors (Lipinski definition) is 5. The Labute approximate surface area is 140 Å². The van der Waals surface area contributed by atoms with Gasteiger partial charge in [0.1, 0.15) is 19.5 Å². The molecular weight excluding hydrogens is 308 g/mol. The minimum absolute atomic E-state index is 0.218. The average Bonchev–Trinajstić information content (AvgIpc) is 2.64. The largest absolute Gasteiger partial charge is 0.481 e. The number of amides is 1. The Balaban J connectivity index is 1.74. The topological polar surface area (TPSA) is 60.4 Å². The van der Waals surface area contributed by atoms with Gasteiger partial charge in [0, 0.05) is 0 Å². The van der Waals surface area contributed by atoms with E-state index in [9.17, 15) is 4.79 Å². The lowest BCUT2D eigenvalue weighted by molar-refractivity contribution is 0.141. The first kappa shape index (κ1) is 15.9. The third-order valence-corrected chi connectivity index (χ3v) is 3.55. The van der Waals surface area contributed by atoms with E-state index < -0.39 is 12.2 Å². The van der Waals surface area contributed by atoms with Gasteiger partial charge in [0.15, 0.2) is 6.10 Å². The summed E-state index contributed by atoms with van der Waals surface area (Å²) in [7, 11) is 1.46. The highest BCUT2D eigenvalue weighted by Gasteiger charge is 2.30. The van der Waals surface area contributed by atoms with Crippen molar-refractivity contribution in [3.63, 3.8) is 0 Å². The Morgan fingerprint density at radius 3 is 2.79 bits per heavy atom. The molecule has 3 rings (SSSR count). The number of anilines is 1. The summed E-state index contributed by atoms with van der Waals surface area (Å²) in [4.78, 5) is 18.8. The number of benzene rings is 2. The van der Waals surface area contributed by atoms with Gasteiger partial charge in [-0.25, -0.2) is 4.79 Å². The van der Waals surface area contributed by atoms with Crippen LogP contribution < -0.4 is 9.64 Å². The average molecular weight is 326 g/mol. The van der Waals surface area contributed by atoms with Gasteiger partial charge in [0.25, 0.3) is 0 Å². The van der Waals surface area contributed by atoms with Gasteiger partial charge in [-0.3, -0.25) is 4.90 Å². The SMILES string of the molecule is CON=C[C@H]1CN(C(=O)OCc2ccccc2)c2ccccc2O1. The van der Waals surface area contributed by atoms with Crippen molar-refractivity contribution in [3.8, 4) is 5.75 Å². The summed E-state index contributed by atoms with van der Waals surface area (Å²) >= 11 is 0. The highest BCUT2D eigenvalue weighted by atomic mass is 16.6. The zero-order valence-corrected chi connectivity index (χ0v) is 13.3. The molecule has 0 bridgehead atoms. The van der Waals surface area contributed by atoms with Crippen molar-refractivity contribution in [2.75, 3.05) is 18.6 Å². The third-order valence-electron chi connectivity index (χ3n) is 3.55. The Hall–Kier alpha value is -3.02. The van der Waals surface area contributed by atoms with Crippen molar-refractivity contribution >= 4 is 18.0 Å². The molecule has 2 aromatic rings. The summed E-state index contributed by atoms with van der Waals surface area (Å²) in [6.07, 6.45) is 0.697. The number of hydrogen-bond donors (Lipinski definition) is 0. The number of nitrogens with zero attached hydrogens (tertiary/aromatic N) is 2. The van der Waals surface area contributed by atoms with Crippen molar-refractivity contribution < 1.29 is 19.1 Å². The number of carbonyl (C=O) groups excluding carboxylic acids is 1. The van der Waals surface area contributed by atoms with E-state index in [0.29, 0.717) is 18.0 Å². The maximum Gasteiger partial charge on any atom is 0.414 e. The standard InChI is InChI=1S/C18H18N2O4/c1-22-19-11-15-12-20(16-9-5-6-10-17(16)24-15)18(21)23-13-14-7-3-2-4-8-14/h2-11,15H,12-13H2,1H3/t15-/m0/s1. The second-order valence-corrected chi connectivity index (χ2v) is 5.21. The lowest BCUT2D eigenvalue weighted by atomic mass is 10.2. The van der Waals surface area contributed by atoms with Crippen LogP contribution in [0.3, 0.4) is 0 Å². The van der Waals surface area contributed by atoms with Crippen LogP contribution in [0.25, 0.3) is 0 Å². The van der Waals surface area contributed by atoms with Crippen LogP contribution in [0.15, 0.2) is 59.8 Å². The third kappa shape index (κ3) is 3.65. The monoisotopic (exact) mass is 326 g/mol. The van der Waals surface area contributed by atoms with Crippen molar-refractivity contribution in [1.29, 1.82) is 0 Å². The van der Waals surface area contributed by atoms with Gasteiger partial charge in [0.2, 0.25) is 0 Å². The minimum Gasteiger partial charge on any atom is -0.481 e. The molecule has 0 spiro atoms. The summed E-state index contributed by atoms with van der Waals surface area (Å²) in [5.74, 6) is 0.605. The van der Waals surface area contributed by atoms with Crippen LogP contribution in [0, 0.1) is 0 Å². The Bertz CT molecular complexity index is 718. The molecule has 0 N–H and O–H groups in total. The quantitative estimate of drug-likeness (QED) is 0.639.